The minimum Gasteiger partial charge on any atom is -0.493 e. The quantitative estimate of drug-likeness (QED) is 0.867. The highest BCUT2D eigenvalue weighted by Crippen LogP contribution is 2.33. The molecule has 1 amide bonds. The molecule has 2 aromatic carbocycles. The van der Waals surface area contributed by atoms with Gasteiger partial charge in [0.05, 0.1) is 20.8 Å². The highest BCUT2D eigenvalue weighted by atomic mass is 16.5. The largest absolute Gasteiger partial charge is 0.493 e. The molecule has 3 rings (SSSR count). The number of hydrogen-bond donors (Lipinski definition) is 1. The van der Waals surface area contributed by atoms with Gasteiger partial charge in [0, 0.05) is 19.6 Å². The van der Waals surface area contributed by atoms with Crippen LogP contribution in [0.25, 0.3) is 0 Å². The van der Waals surface area contributed by atoms with E-state index in [1.165, 1.54) is 16.7 Å². The number of nitrogens with zero attached hydrogens (tertiary/aromatic N) is 1. The Balaban J connectivity index is 1.58. The van der Waals surface area contributed by atoms with Crippen LogP contribution in [-0.2, 0) is 24.3 Å². The number of rotatable bonds is 6. The number of hydrogen-bond acceptors (Lipinski definition) is 4. The molecule has 1 heterocycles. The molecule has 0 radical (unpaired) electrons. The van der Waals surface area contributed by atoms with E-state index in [0.29, 0.717) is 13.1 Å². The fraction of sp³-hybridized carbons (Fsp3) is 0.381. The zero-order valence-corrected chi connectivity index (χ0v) is 15.7. The predicted molar refractivity (Wildman–Crippen MR) is 102 cm³/mol. The van der Waals surface area contributed by atoms with E-state index in [0.717, 1.165) is 36.6 Å². The Morgan fingerprint density at radius 1 is 1.12 bits per heavy atom. The first-order chi connectivity index (χ1) is 12.6. The summed E-state index contributed by atoms with van der Waals surface area (Å²) in [6.07, 6.45) is 0.904. The van der Waals surface area contributed by atoms with Crippen LogP contribution in [0.4, 0.5) is 0 Å². The molecule has 5 heteroatoms. The molecule has 0 unspecified atom stereocenters. The normalized spacial score (nSPS) is 13.8. The van der Waals surface area contributed by atoms with Gasteiger partial charge in [-0.1, -0.05) is 24.3 Å². The van der Waals surface area contributed by atoms with Gasteiger partial charge in [-0.2, -0.15) is 0 Å². The number of amides is 1. The molecule has 5 nitrogen and oxygen atoms in total. The van der Waals surface area contributed by atoms with Crippen LogP contribution in [0.3, 0.4) is 0 Å². The number of carbonyl (C=O) groups is 1. The second-order valence-electron chi connectivity index (χ2n) is 6.64. The molecule has 0 saturated heterocycles. The average Bonchev–Trinajstić information content (AvgIpc) is 2.66. The van der Waals surface area contributed by atoms with Crippen LogP contribution in [0.5, 0.6) is 11.5 Å². The summed E-state index contributed by atoms with van der Waals surface area (Å²) < 4.78 is 10.8. The van der Waals surface area contributed by atoms with E-state index < -0.39 is 0 Å². The number of fused-ring (bicyclic) bond motifs is 1. The van der Waals surface area contributed by atoms with Gasteiger partial charge in [0.1, 0.15) is 0 Å². The number of aryl methyl sites for hydroxylation is 1. The Hall–Kier alpha value is -2.53. The Bertz CT molecular complexity index is 789. The van der Waals surface area contributed by atoms with Crippen LogP contribution in [0.1, 0.15) is 22.3 Å². The summed E-state index contributed by atoms with van der Waals surface area (Å²) in [7, 11) is 3.29. The number of carbonyl (C=O) groups excluding carboxylic acids is 1. The monoisotopic (exact) mass is 354 g/mol. The maximum Gasteiger partial charge on any atom is 0.234 e. The second kappa shape index (κ2) is 8.23. The highest BCUT2D eigenvalue weighted by molar-refractivity contribution is 5.78. The lowest BCUT2D eigenvalue weighted by molar-refractivity contribution is -0.122. The van der Waals surface area contributed by atoms with Crippen molar-refractivity contribution in [3.63, 3.8) is 0 Å². The van der Waals surface area contributed by atoms with Crippen molar-refractivity contribution in [2.24, 2.45) is 0 Å². The highest BCUT2D eigenvalue weighted by Gasteiger charge is 2.21. The smallest absolute Gasteiger partial charge is 0.234 e. The molecule has 0 saturated carbocycles. The van der Waals surface area contributed by atoms with Crippen molar-refractivity contribution in [3.8, 4) is 11.5 Å². The van der Waals surface area contributed by atoms with Crippen molar-refractivity contribution in [3.05, 3.63) is 58.7 Å². The summed E-state index contributed by atoms with van der Waals surface area (Å²) in [4.78, 5) is 14.5. The first-order valence-electron chi connectivity index (χ1n) is 8.88. The molecule has 0 aliphatic carbocycles. The van der Waals surface area contributed by atoms with E-state index in [4.69, 9.17) is 9.47 Å². The summed E-state index contributed by atoms with van der Waals surface area (Å²) in [5, 5.41) is 3.03. The van der Waals surface area contributed by atoms with E-state index in [1.54, 1.807) is 14.2 Å². The van der Waals surface area contributed by atoms with Crippen molar-refractivity contribution in [2.45, 2.75) is 26.4 Å². The summed E-state index contributed by atoms with van der Waals surface area (Å²) in [6, 6.07) is 12.2. The zero-order valence-electron chi connectivity index (χ0n) is 15.7. The third-order valence-corrected chi connectivity index (χ3v) is 4.90. The number of nitrogens with one attached hydrogen (secondary N) is 1. The standard InChI is InChI=1S/C21H26N2O3/c1-15-6-4-5-7-17(15)12-22-21(24)14-23-9-8-16-10-19(25-2)20(26-3)11-18(16)13-23/h4-7,10-11H,8-9,12-14H2,1-3H3,(H,22,24). The number of methoxy groups -OCH3 is 2. The molecule has 1 N–H and O–H groups in total. The van der Waals surface area contributed by atoms with Gasteiger partial charge in [-0.15, -0.1) is 0 Å². The average molecular weight is 354 g/mol. The predicted octanol–water partition coefficient (Wildman–Crippen LogP) is 2.69. The van der Waals surface area contributed by atoms with Crippen molar-refractivity contribution < 1.29 is 14.3 Å². The Morgan fingerprint density at radius 3 is 2.50 bits per heavy atom. The van der Waals surface area contributed by atoms with E-state index >= 15 is 0 Å². The molecule has 138 valence electrons. The molecule has 1 aliphatic rings. The number of benzene rings is 2. The molecule has 0 aromatic heterocycles. The lowest BCUT2D eigenvalue weighted by Gasteiger charge is -2.29. The lowest BCUT2D eigenvalue weighted by atomic mass is 9.99. The van der Waals surface area contributed by atoms with E-state index in [2.05, 4.69) is 23.2 Å². The Morgan fingerprint density at radius 2 is 1.81 bits per heavy atom. The zero-order chi connectivity index (χ0) is 18.5. The van der Waals surface area contributed by atoms with Crippen LogP contribution >= 0.6 is 0 Å². The fourth-order valence-electron chi connectivity index (χ4n) is 3.34. The van der Waals surface area contributed by atoms with E-state index in [9.17, 15) is 4.79 Å². The van der Waals surface area contributed by atoms with E-state index in [-0.39, 0.29) is 5.91 Å². The molecule has 0 bridgehead atoms. The molecular formula is C21H26N2O3. The minimum atomic E-state index is 0.0529. The van der Waals surface area contributed by atoms with Gasteiger partial charge in [-0.3, -0.25) is 9.69 Å². The van der Waals surface area contributed by atoms with Crippen molar-refractivity contribution in [1.82, 2.24) is 10.2 Å². The first-order valence-corrected chi connectivity index (χ1v) is 8.88. The van der Waals surface area contributed by atoms with Gasteiger partial charge < -0.3 is 14.8 Å². The van der Waals surface area contributed by atoms with Crippen molar-refractivity contribution in [2.75, 3.05) is 27.3 Å². The third kappa shape index (κ3) is 4.17. The molecule has 0 fully saturated rings. The molecule has 2 aromatic rings. The molecule has 0 spiro atoms. The van der Waals surface area contributed by atoms with Gasteiger partial charge in [-0.25, -0.2) is 0 Å². The van der Waals surface area contributed by atoms with Crippen molar-refractivity contribution >= 4 is 5.91 Å². The topological polar surface area (TPSA) is 50.8 Å². The van der Waals surface area contributed by atoms with Gasteiger partial charge in [-0.05, 0) is 47.7 Å². The summed E-state index contributed by atoms with van der Waals surface area (Å²) >= 11 is 0. The molecular weight excluding hydrogens is 328 g/mol. The molecule has 26 heavy (non-hydrogen) atoms. The van der Waals surface area contributed by atoms with Gasteiger partial charge >= 0.3 is 0 Å². The van der Waals surface area contributed by atoms with E-state index in [1.807, 2.05) is 30.3 Å². The van der Waals surface area contributed by atoms with Crippen LogP contribution in [0.15, 0.2) is 36.4 Å². The summed E-state index contributed by atoms with van der Waals surface area (Å²) in [5.74, 6) is 1.55. The maximum atomic E-state index is 12.3. The molecule has 0 atom stereocenters. The fourth-order valence-corrected chi connectivity index (χ4v) is 3.34. The van der Waals surface area contributed by atoms with Gasteiger partial charge in [0.15, 0.2) is 11.5 Å². The second-order valence-corrected chi connectivity index (χ2v) is 6.64. The van der Waals surface area contributed by atoms with Crippen LogP contribution in [-0.4, -0.2) is 38.1 Å². The SMILES string of the molecule is COc1cc2c(cc1OC)CN(CC(=O)NCc1ccccc1C)CC2. The van der Waals surface area contributed by atoms with Crippen LogP contribution in [0.2, 0.25) is 0 Å². The van der Waals surface area contributed by atoms with Gasteiger partial charge in [0.2, 0.25) is 5.91 Å². The third-order valence-electron chi connectivity index (χ3n) is 4.90. The summed E-state index contributed by atoms with van der Waals surface area (Å²) in [5.41, 5.74) is 4.81. The van der Waals surface area contributed by atoms with Gasteiger partial charge in [0.25, 0.3) is 0 Å². The first kappa shape index (κ1) is 18.3. The summed E-state index contributed by atoms with van der Waals surface area (Å²) in [6.45, 7) is 4.64. The van der Waals surface area contributed by atoms with Crippen LogP contribution in [0, 0.1) is 6.92 Å². The minimum absolute atomic E-state index is 0.0529. The Labute approximate surface area is 154 Å². The lowest BCUT2D eigenvalue weighted by Crippen LogP contribution is -2.39. The maximum absolute atomic E-state index is 12.3. The number of ether oxygens (including phenoxy) is 2. The molecule has 1 aliphatic heterocycles. The Kier molecular flexibility index (Phi) is 5.78. The van der Waals surface area contributed by atoms with Crippen LogP contribution < -0.4 is 14.8 Å². The van der Waals surface area contributed by atoms with Crippen molar-refractivity contribution in [1.29, 1.82) is 0 Å².